The third-order valence-electron chi connectivity index (χ3n) is 4.70. The van der Waals surface area contributed by atoms with Crippen LogP contribution in [0.4, 0.5) is 4.39 Å². The van der Waals surface area contributed by atoms with E-state index in [-0.39, 0.29) is 11.1 Å². The third-order valence-corrected chi connectivity index (χ3v) is 4.70. The number of aromatic amines is 1. The third kappa shape index (κ3) is 2.78. The molecule has 1 atom stereocenters. The van der Waals surface area contributed by atoms with Crippen LogP contribution in [-0.2, 0) is 0 Å². The van der Waals surface area contributed by atoms with Gasteiger partial charge in [-0.15, -0.1) is 0 Å². The van der Waals surface area contributed by atoms with Crippen molar-refractivity contribution in [1.82, 2.24) is 15.3 Å². The van der Waals surface area contributed by atoms with Crippen molar-refractivity contribution < 1.29 is 9.13 Å². The molecule has 4 rings (SSSR count). The number of fused-ring (bicyclic) bond motifs is 1. The second-order valence-corrected chi connectivity index (χ2v) is 6.22. The summed E-state index contributed by atoms with van der Waals surface area (Å²) in [5.41, 5.74) is 1.37. The van der Waals surface area contributed by atoms with E-state index in [0.717, 1.165) is 30.6 Å². The number of aromatic nitrogens is 2. The Morgan fingerprint density at radius 1 is 1.32 bits per heavy atom. The molecule has 1 aromatic carbocycles. The Morgan fingerprint density at radius 2 is 2.20 bits per heavy atom. The monoisotopic (exact) mass is 339 g/mol. The SMILES string of the molecule is COc1cccc(F)c1-c1cc2c(=O)[nH]c([C@H]3CCNC3)cc2cn1. The molecule has 1 aliphatic rings. The second-order valence-electron chi connectivity index (χ2n) is 6.22. The molecular formula is C19H18FN3O2. The van der Waals surface area contributed by atoms with Gasteiger partial charge in [0.15, 0.2) is 0 Å². The summed E-state index contributed by atoms with van der Waals surface area (Å²) in [4.78, 5) is 19.9. The molecule has 0 bridgehead atoms. The minimum atomic E-state index is -0.434. The van der Waals surface area contributed by atoms with Gasteiger partial charge in [-0.1, -0.05) is 6.07 Å². The zero-order chi connectivity index (χ0) is 17.4. The second kappa shape index (κ2) is 6.29. The molecule has 0 spiro atoms. The molecule has 0 aliphatic carbocycles. The standard InChI is InChI=1S/C19H18FN3O2/c1-25-17-4-2-3-14(20)18(17)16-8-13-12(10-22-16)7-15(23-19(13)24)11-5-6-21-9-11/h2-4,7-8,10-11,21H,5-6,9H2,1H3,(H,23,24)/t11-/m0/s1. The Morgan fingerprint density at radius 3 is 2.96 bits per heavy atom. The lowest BCUT2D eigenvalue weighted by Gasteiger charge is -2.12. The summed E-state index contributed by atoms with van der Waals surface area (Å²) in [6.45, 7) is 1.81. The average Bonchev–Trinajstić information content (AvgIpc) is 3.16. The fourth-order valence-electron chi connectivity index (χ4n) is 3.38. The van der Waals surface area contributed by atoms with Gasteiger partial charge in [0, 0.05) is 29.7 Å². The number of nitrogens with zero attached hydrogens (tertiary/aromatic N) is 1. The van der Waals surface area contributed by atoms with Crippen LogP contribution in [0.1, 0.15) is 18.0 Å². The van der Waals surface area contributed by atoms with Gasteiger partial charge in [0.1, 0.15) is 11.6 Å². The molecule has 2 aromatic heterocycles. The van der Waals surface area contributed by atoms with Gasteiger partial charge in [0.05, 0.1) is 23.8 Å². The largest absolute Gasteiger partial charge is 0.496 e. The number of hydrogen-bond donors (Lipinski definition) is 2. The first-order chi connectivity index (χ1) is 12.2. The van der Waals surface area contributed by atoms with Crippen molar-refractivity contribution in [2.24, 2.45) is 0 Å². The zero-order valence-corrected chi connectivity index (χ0v) is 13.8. The molecule has 0 amide bonds. The lowest BCUT2D eigenvalue weighted by molar-refractivity contribution is 0.413. The summed E-state index contributed by atoms with van der Waals surface area (Å²) in [7, 11) is 1.48. The Kier molecular flexibility index (Phi) is 3.97. The molecule has 1 saturated heterocycles. The average molecular weight is 339 g/mol. The number of H-pyrrole nitrogens is 1. The van der Waals surface area contributed by atoms with Crippen LogP contribution in [-0.4, -0.2) is 30.2 Å². The number of methoxy groups -OCH3 is 1. The Labute approximate surface area is 143 Å². The predicted octanol–water partition coefficient (Wildman–Crippen LogP) is 2.81. The lowest BCUT2D eigenvalue weighted by Crippen LogP contribution is -2.14. The zero-order valence-electron chi connectivity index (χ0n) is 13.8. The summed E-state index contributed by atoms with van der Waals surface area (Å²) < 4.78 is 19.5. The normalized spacial score (nSPS) is 17.1. The topological polar surface area (TPSA) is 67.0 Å². The van der Waals surface area contributed by atoms with Crippen molar-refractivity contribution in [2.45, 2.75) is 12.3 Å². The Bertz CT molecular complexity index is 994. The maximum Gasteiger partial charge on any atom is 0.256 e. The minimum absolute atomic E-state index is 0.182. The molecule has 128 valence electrons. The highest BCUT2D eigenvalue weighted by Crippen LogP contribution is 2.32. The molecule has 3 aromatic rings. The van der Waals surface area contributed by atoms with E-state index in [2.05, 4.69) is 15.3 Å². The minimum Gasteiger partial charge on any atom is -0.496 e. The van der Waals surface area contributed by atoms with Crippen molar-refractivity contribution in [3.63, 3.8) is 0 Å². The smallest absolute Gasteiger partial charge is 0.256 e. The van der Waals surface area contributed by atoms with Crippen LogP contribution in [0.2, 0.25) is 0 Å². The molecule has 0 saturated carbocycles. The van der Waals surface area contributed by atoms with Crippen LogP contribution in [0.15, 0.2) is 41.3 Å². The summed E-state index contributed by atoms with van der Waals surface area (Å²) in [5.74, 6) is 0.261. The predicted molar refractivity (Wildman–Crippen MR) is 94.5 cm³/mol. The number of ether oxygens (including phenoxy) is 1. The van der Waals surface area contributed by atoms with E-state index in [4.69, 9.17) is 4.74 Å². The van der Waals surface area contributed by atoms with E-state index in [0.29, 0.717) is 22.7 Å². The van der Waals surface area contributed by atoms with E-state index in [1.807, 2.05) is 6.07 Å². The van der Waals surface area contributed by atoms with Crippen molar-refractivity contribution in [3.8, 4) is 17.0 Å². The van der Waals surface area contributed by atoms with Gasteiger partial charge in [-0.2, -0.15) is 0 Å². The molecule has 6 heteroatoms. The van der Waals surface area contributed by atoms with Crippen molar-refractivity contribution in [2.75, 3.05) is 20.2 Å². The van der Waals surface area contributed by atoms with Crippen molar-refractivity contribution >= 4 is 10.8 Å². The first-order valence-electron chi connectivity index (χ1n) is 8.24. The van der Waals surface area contributed by atoms with Gasteiger partial charge < -0.3 is 15.0 Å². The fraction of sp³-hybridized carbons (Fsp3) is 0.263. The maximum absolute atomic E-state index is 14.3. The summed E-state index contributed by atoms with van der Waals surface area (Å²) in [6, 6.07) is 8.18. The molecule has 25 heavy (non-hydrogen) atoms. The highest BCUT2D eigenvalue weighted by atomic mass is 19.1. The van der Waals surface area contributed by atoms with Gasteiger partial charge in [0.25, 0.3) is 5.56 Å². The van der Waals surface area contributed by atoms with Gasteiger partial charge in [-0.25, -0.2) is 4.39 Å². The van der Waals surface area contributed by atoms with E-state index in [1.165, 1.54) is 13.2 Å². The molecule has 0 unspecified atom stereocenters. The number of rotatable bonds is 3. The maximum atomic E-state index is 14.3. The van der Waals surface area contributed by atoms with Crippen LogP contribution in [0.3, 0.4) is 0 Å². The van der Waals surface area contributed by atoms with Crippen LogP contribution in [0.25, 0.3) is 22.0 Å². The van der Waals surface area contributed by atoms with Crippen LogP contribution >= 0.6 is 0 Å². The first-order valence-corrected chi connectivity index (χ1v) is 8.24. The fourth-order valence-corrected chi connectivity index (χ4v) is 3.38. The van der Waals surface area contributed by atoms with Gasteiger partial charge in [0.2, 0.25) is 0 Å². The molecule has 2 N–H and O–H groups in total. The number of hydrogen-bond acceptors (Lipinski definition) is 4. The van der Waals surface area contributed by atoms with E-state index < -0.39 is 5.82 Å². The molecule has 0 radical (unpaired) electrons. The lowest BCUT2D eigenvalue weighted by atomic mass is 10.0. The summed E-state index contributed by atoms with van der Waals surface area (Å²) in [5, 5.41) is 4.54. The quantitative estimate of drug-likeness (QED) is 0.770. The van der Waals surface area contributed by atoms with E-state index >= 15 is 0 Å². The number of halogens is 1. The van der Waals surface area contributed by atoms with Crippen molar-refractivity contribution in [1.29, 1.82) is 0 Å². The summed E-state index contributed by atoms with van der Waals surface area (Å²) in [6.07, 6.45) is 2.62. The molecular weight excluding hydrogens is 321 g/mol. The first kappa shape index (κ1) is 15.8. The summed E-state index contributed by atoms with van der Waals surface area (Å²) >= 11 is 0. The Hall–Kier alpha value is -2.73. The highest BCUT2D eigenvalue weighted by Gasteiger charge is 2.19. The van der Waals surface area contributed by atoms with Gasteiger partial charge in [-0.05, 0) is 37.2 Å². The number of pyridine rings is 2. The van der Waals surface area contributed by atoms with Crippen molar-refractivity contribution in [3.05, 3.63) is 58.4 Å². The molecule has 1 aliphatic heterocycles. The van der Waals surface area contributed by atoms with E-state index in [1.54, 1.807) is 24.4 Å². The highest BCUT2D eigenvalue weighted by molar-refractivity contribution is 5.85. The van der Waals surface area contributed by atoms with Crippen LogP contribution < -0.4 is 15.6 Å². The number of benzene rings is 1. The van der Waals surface area contributed by atoms with Gasteiger partial charge in [-0.3, -0.25) is 9.78 Å². The van der Waals surface area contributed by atoms with Crippen LogP contribution in [0.5, 0.6) is 5.75 Å². The van der Waals surface area contributed by atoms with Gasteiger partial charge >= 0.3 is 0 Å². The molecule has 5 nitrogen and oxygen atoms in total. The molecule has 1 fully saturated rings. The van der Waals surface area contributed by atoms with E-state index in [9.17, 15) is 9.18 Å². The number of nitrogens with one attached hydrogen (secondary N) is 2. The molecule has 3 heterocycles. The Balaban J connectivity index is 1.85. The van der Waals surface area contributed by atoms with Crippen LogP contribution in [0, 0.1) is 5.82 Å².